The summed E-state index contributed by atoms with van der Waals surface area (Å²) in [6, 6.07) is 8.33. The number of nitrogens with one attached hydrogen (secondary N) is 1. The van der Waals surface area contributed by atoms with Crippen LogP contribution < -0.4 is 0 Å². The third-order valence-corrected chi connectivity index (χ3v) is 4.69. The summed E-state index contributed by atoms with van der Waals surface area (Å²) in [6.45, 7) is 6.41. The fourth-order valence-electron chi connectivity index (χ4n) is 2.87. The van der Waals surface area contributed by atoms with Crippen LogP contribution in [0.2, 0.25) is 0 Å². The molecule has 170 valence electrons. The van der Waals surface area contributed by atoms with Crippen molar-refractivity contribution in [1.29, 1.82) is 5.41 Å². The molecule has 1 aromatic carbocycles. The Hall–Kier alpha value is -1.84. The van der Waals surface area contributed by atoms with Gasteiger partial charge >= 0.3 is 11.9 Å². The standard InChI is InChI=1S/C20H22Cl3NO7/c1-4-10-27-15-14(30-17(26)13-8-6-5-7-9-13)11(2)28-18(16(15)29-12(3)25)31-19(24)20(21,22)23/h4-9,11,14-16,18,24H,1,10H2,2-3H3/t11-,14-,15+,16+,18-/m1/s1. The van der Waals surface area contributed by atoms with Gasteiger partial charge in [-0.15, -0.1) is 6.58 Å². The number of benzene rings is 1. The zero-order valence-electron chi connectivity index (χ0n) is 16.8. The number of ether oxygens (including phenoxy) is 5. The minimum absolute atomic E-state index is 0.0448. The van der Waals surface area contributed by atoms with Crippen molar-refractivity contribution in [2.75, 3.05) is 6.61 Å². The molecule has 1 aromatic rings. The zero-order valence-corrected chi connectivity index (χ0v) is 19.0. The van der Waals surface area contributed by atoms with Crippen molar-refractivity contribution in [3.8, 4) is 0 Å². The van der Waals surface area contributed by atoms with Crippen molar-refractivity contribution in [2.45, 2.75) is 48.3 Å². The molecule has 0 spiro atoms. The highest BCUT2D eigenvalue weighted by Gasteiger charge is 2.51. The van der Waals surface area contributed by atoms with E-state index in [0.29, 0.717) is 5.56 Å². The van der Waals surface area contributed by atoms with Crippen LogP contribution in [0.25, 0.3) is 0 Å². The summed E-state index contributed by atoms with van der Waals surface area (Å²) in [5.74, 6) is -2.05. The van der Waals surface area contributed by atoms with Crippen molar-refractivity contribution in [1.82, 2.24) is 0 Å². The van der Waals surface area contributed by atoms with E-state index in [2.05, 4.69) is 6.58 Å². The summed E-state index contributed by atoms with van der Waals surface area (Å²) in [5, 5.41) is 7.81. The third kappa shape index (κ3) is 7.08. The van der Waals surface area contributed by atoms with Crippen LogP contribution in [0.4, 0.5) is 0 Å². The number of halogens is 3. The number of alkyl halides is 3. The van der Waals surface area contributed by atoms with E-state index < -0.39 is 52.3 Å². The van der Waals surface area contributed by atoms with Crippen molar-refractivity contribution in [3.63, 3.8) is 0 Å². The minimum atomic E-state index is -2.17. The van der Waals surface area contributed by atoms with Crippen LogP contribution in [0.3, 0.4) is 0 Å². The van der Waals surface area contributed by atoms with Crippen LogP contribution in [-0.4, -0.2) is 58.9 Å². The van der Waals surface area contributed by atoms with Gasteiger partial charge in [0.2, 0.25) is 12.2 Å². The lowest BCUT2D eigenvalue weighted by Crippen LogP contribution is -2.61. The number of carbonyl (C=O) groups excluding carboxylic acids is 2. The Balaban J connectivity index is 2.33. The normalized spacial score (nSPS) is 25.9. The third-order valence-electron chi connectivity index (χ3n) is 4.18. The largest absolute Gasteiger partial charge is 0.453 e. The Morgan fingerprint density at radius 2 is 1.77 bits per heavy atom. The molecule has 1 saturated heterocycles. The summed E-state index contributed by atoms with van der Waals surface area (Å²) in [4.78, 5) is 24.4. The highest BCUT2D eigenvalue weighted by atomic mass is 35.6. The van der Waals surface area contributed by atoms with Gasteiger partial charge in [-0.1, -0.05) is 59.1 Å². The predicted molar refractivity (Wildman–Crippen MR) is 115 cm³/mol. The van der Waals surface area contributed by atoms with Gasteiger partial charge in [-0.05, 0) is 19.1 Å². The number of esters is 2. The van der Waals surface area contributed by atoms with E-state index in [-0.39, 0.29) is 6.61 Å². The van der Waals surface area contributed by atoms with Gasteiger partial charge in [0.25, 0.3) is 3.79 Å². The molecule has 0 saturated carbocycles. The maximum atomic E-state index is 12.6. The average Bonchev–Trinajstić information content (AvgIpc) is 2.70. The molecule has 8 nitrogen and oxygen atoms in total. The van der Waals surface area contributed by atoms with Crippen molar-refractivity contribution >= 4 is 52.6 Å². The molecular formula is C20H22Cl3NO7. The first-order valence-corrected chi connectivity index (χ1v) is 10.3. The summed E-state index contributed by atoms with van der Waals surface area (Å²) in [5.41, 5.74) is 0.317. The summed E-state index contributed by atoms with van der Waals surface area (Å²) in [7, 11) is 0. The van der Waals surface area contributed by atoms with Crippen LogP contribution >= 0.6 is 34.8 Å². The first-order chi connectivity index (χ1) is 14.5. The number of hydrogen-bond acceptors (Lipinski definition) is 8. The van der Waals surface area contributed by atoms with Gasteiger partial charge < -0.3 is 23.7 Å². The molecule has 2 rings (SSSR count). The van der Waals surface area contributed by atoms with Crippen LogP contribution in [0, 0.1) is 5.41 Å². The molecule has 31 heavy (non-hydrogen) atoms. The maximum Gasteiger partial charge on any atom is 0.338 e. The molecule has 0 radical (unpaired) electrons. The Morgan fingerprint density at radius 1 is 1.13 bits per heavy atom. The second-order valence-corrected chi connectivity index (χ2v) is 8.83. The molecule has 0 aromatic heterocycles. The van der Waals surface area contributed by atoms with E-state index in [1.165, 1.54) is 13.0 Å². The highest BCUT2D eigenvalue weighted by molar-refractivity contribution is 6.76. The fraction of sp³-hybridized carbons (Fsp3) is 0.450. The van der Waals surface area contributed by atoms with E-state index in [4.69, 9.17) is 63.9 Å². The minimum Gasteiger partial charge on any atom is -0.453 e. The highest BCUT2D eigenvalue weighted by Crippen LogP contribution is 2.33. The van der Waals surface area contributed by atoms with Crippen molar-refractivity contribution < 1.29 is 33.3 Å². The van der Waals surface area contributed by atoms with Crippen molar-refractivity contribution in [2.24, 2.45) is 0 Å². The molecule has 1 N–H and O–H groups in total. The number of hydrogen-bond donors (Lipinski definition) is 1. The van der Waals surface area contributed by atoms with Crippen LogP contribution in [0.5, 0.6) is 0 Å². The van der Waals surface area contributed by atoms with Gasteiger partial charge in [0.05, 0.1) is 18.3 Å². The van der Waals surface area contributed by atoms with E-state index in [1.54, 1.807) is 37.3 Å². The van der Waals surface area contributed by atoms with E-state index in [1.807, 2.05) is 0 Å². The predicted octanol–water partition coefficient (Wildman–Crippen LogP) is 3.82. The maximum absolute atomic E-state index is 12.6. The zero-order chi connectivity index (χ0) is 23.2. The van der Waals surface area contributed by atoms with Gasteiger partial charge in [-0.25, -0.2) is 4.79 Å². The van der Waals surface area contributed by atoms with Gasteiger partial charge in [0.1, 0.15) is 6.10 Å². The van der Waals surface area contributed by atoms with Crippen LogP contribution in [-0.2, 0) is 28.5 Å². The lowest BCUT2D eigenvalue weighted by atomic mass is 9.98. The molecule has 0 unspecified atom stereocenters. The molecule has 1 heterocycles. The Morgan fingerprint density at radius 3 is 2.32 bits per heavy atom. The molecule has 0 amide bonds. The lowest BCUT2D eigenvalue weighted by molar-refractivity contribution is -0.283. The van der Waals surface area contributed by atoms with E-state index in [9.17, 15) is 9.59 Å². The molecule has 0 bridgehead atoms. The SMILES string of the molecule is C=CCO[C@@H]1[C@H](OC(C)=O)[C@@H](OC(=N)C(Cl)(Cl)Cl)O[C@H](C)[C@H]1OC(=O)c1ccccc1. The smallest absolute Gasteiger partial charge is 0.338 e. The molecule has 5 atom stereocenters. The fourth-order valence-corrected chi connectivity index (χ4v) is 3.00. The van der Waals surface area contributed by atoms with E-state index >= 15 is 0 Å². The topological polar surface area (TPSA) is 104 Å². The van der Waals surface area contributed by atoms with Gasteiger partial charge in [0.15, 0.2) is 12.2 Å². The molecule has 1 fully saturated rings. The molecular weight excluding hydrogens is 473 g/mol. The average molecular weight is 495 g/mol. The molecule has 1 aliphatic heterocycles. The first-order valence-electron chi connectivity index (χ1n) is 9.18. The molecule has 0 aliphatic carbocycles. The second-order valence-electron chi connectivity index (χ2n) is 6.55. The van der Waals surface area contributed by atoms with Gasteiger partial charge in [0, 0.05) is 6.92 Å². The van der Waals surface area contributed by atoms with Crippen molar-refractivity contribution in [3.05, 3.63) is 48.6 Å². The summed E-state index contributed by atoms with van der Waals surface area (Å²) in [6.07, 6.45) is -3.92. The first kappa shape index (κ1) is 25.4. The van der Waals surface area contributed by atoms with Gasteiger partial charge in [-0.3, -0.25) is 10.2 Å². The Kier molecular flexibility index (Phi) is 9.14. The Labute approximate surface area is 194 Å². The molecule has 11 heteroatoms. The second kappa shape index (κ2) is 11.2. The summed E-state index contributed by atoms with van der Waals surface area (Å²) >= 11 is 17.0. The molecule has 1 aliphatic rings. The van der Waals surface area contributed by atoms with Crippen LogP contribution in [0.1, 0.15) is 24.2 Å². The van der Waals surface area contributed by atoms with E-state index in [0.717, 1.165) is 0 Å². The van der Waals surface area contributed by atoms with Crippen LogP contribution in [0.15, 0.2) is 43.0 Å². The summed E-state index contributed by atoms with van der Waals surface area (Å²) < 4.78 is 25.6. The van der Waals surface area contributed by atoms with Gasteiger partial charge in [-0.2, -0.15) is 0 Å². The Bertz CT molecular complexity index is 800. The monoisotopic (exact) mass is 493 g/mol. The number of carbonyl (C=O) groups is 2. The lowest BCUT2D eigenvalue weighted by Gasteiger charge is -2.44. The number of rotatable bonds is 7. The quantitative estimate of drug-likeness (QED) is 0.202.